The van der Waals surface area contributed by atoms with Crippen molar-refractivity contribution in [2.24, 2.45) is 0 Å². The molecule has 0 atom stereocenters. The van der Waals surface area contributed by atoms with Gasteiger partial charge in [-0.25, -0.2) is 4.79 Å². The van der Waals surface area contributed by atoms with Crippen molar-refractivity contribution in [2.45, 2.75) is 29.7 Å². The highest BCUT2D eigenvalue weighted by molar-refractivity contribution is 9.10. The van der Waals surface area contributed by atoms with E-state index < -0.39 is 16.9 Å². The molecule has 9 heteroatoms. The molecule has 0 aliphatic rings. The molecule has 0 amide bonds. The van der Waals surface area contributed by atoms with Crippen LogP contribution in [0.1, 0.15) is 19.9 Å². The van der Waals surface area contributed by atoms with Crippen molar-refractivity contribution in [2.75, 3.05) is 19.0 Å². The Morgan fingerprint density at radius 3 is 2.47 bits per heavy atom. The zero-order valence-electron chi connectivity index (χ0n) is 18.9. The monoisotopic (exact) mass is 560 g/mol. The molecule has 0 aliphatic heterocycles. The molecule has 176 valence electrons. The predicted octanol–water partition coefficient (Wildman–Crippen LogP) is 6.54. The van der Waals surface area contributed by atoms with E-state index in [1.54, 1.807) is 28.8 Å². The Morgan fingerprint density at radius 1 is 1.12 bits per heavy atom. The van der Waals surface area contributed by atoms with Crippen molar-refractivity contribution < 1.29 is 9.52 Å². The quantitative estimate of drug-likeness (QED) is 0.298. The van der Waals surface area contributed by atoms with Crippen LogP contribution in [0.5, 0.6) is 5.75 Å². The molecular weight excluding hydrogens is 540 g/mol. The van der Waals surface area contributed by atoms with Gasteiger partial charge in [0.15, 0.2) is 11.3 Å². The van der Waals surface area contributed by atoms with E-state index in [-0.39, 0.29) is 21.9 Å². The van der Waals surface area contributed by atoms with Gasteiger partial charge in [0.1, 0.15) is 10.3 Å². The lowest BCUT2D eigenvalue weighted by molar-refractivity contribution is 0.444. The number of halogens is 2. The van der Waals surface area contributed by atoms with Crippen LogP contribution in [-0.2, 0) is 0 Å². The molecule has 0 fully saturated rings. The Labute approximate surface area is 213 Å². The molecule has 0 radical (unpaired) electrons. The smallest absolute Gasteiger partial charge is 0.354 e. The molecular formula is C25H22BrClN2O4S. The molecule has 2 aromatic carbocycles. The molecule has 4 aromatic rings. The van der Waals surface area contributed by atoms with Crippen LogP contribution in [0.3, 0.4) is 0 Å². The number of nitrogens with zero attached hydrogens (tertiary/aromatic N) is 2. The third-order valence-corrected chi connectivity index (χ3v) is 7.33. The number of anilines is 1. The van der Waals surface area contributed by atoms with E-state index in [1.165, 1.54) is 0 Å². The van der Waals surface area contributed by atoms with Crippen molar-refractivity contribution in [3.05, 3.63) is 78.8 Å². The first kappa shape index (κ1) is 24.4. The Bertz CT molecular complexity index is 1530. The highest BCUT2D eigenvalue weighted by Gasteiger charge is 2.26. The van der Waals surface area contributed by atoms with Crippen molar-refractivity contribution >= 4 is 55.9 Å². The Hall–Kier alpha value is -2.68. The van der Waals surface area contributed by atoms with Gasteiger partial charge in [0, 0.05) is 41.3 Å². The Morgan fingerprint density at radius 2 is 1.82 bits per heavy atom. The minimum atomic E-state index is -0.745. The lowest BCUT2D eigenvalue weighted by atomic mass is 10.1. The molecule has 0 aliphatic carbocycles. The van der Waals surface area contributed by atoms with Crippen LogP contribution in [0, 0.1) is 0 Å². The summed E-state index contributed by atoms with van der Waals surface area (Å²) in [6.45, 7) is 3.77. The average Bonchev–Trinajstić information content (AvgIpc) is 2.78. The molecule has 0 bridgehead atoms. The molecule has 4 rings (SSSR count). The highest BCUT2D eigenvalue weighted by Crippen LogP contribution is 2.41. The first-order chi connectivity index (χ1) is 16.1. The molecule has 0 saturated carbocycles. The third kappa shape index (κ3) is 4.37. The normalized spacial score (nSPS) is 11.4. The number of pyridine rings is 1. The van der Waals surface area contributed by atoms with Gasteiger partial charge in [-0.15, -0.1) is 0 Å². The number of hydrogen-bond acceptors (Lipinski definition) is 6. The second kappa shape index (κ2) is 9.52. The largest absolute Gasteiger partial charge is 0.505 e. The van der Waals surface area contributed by atoms with E-state index in [0.29, 0.717) is 20.1 Å². The van der Waals surface area contributed by atoms with Crippen LogP contribution in [-0.4, -0.2) is 23.8 Å². The summed E-state index contributed by atoms with van der Waals surface area (Å²) in [6.07, 6.45) is 0. The number of benzene rings is 2. The van der Waals surface area contributed by atoms with Crippen LogP contribution in [0.2, 0.25) is 5.02 Å². The molecule has 6 nitrogen and oxygen atoms in total. The van der Waals surface area contributed by atoms with Crippen LogP contribution >= 0.6 is 39.3 Å². The van der Waals surface area contributed by atoms with Gasteiger partial charge in [0.25, 0.3) is 5.56 Å². The second-order valence-electron chi connectivity index (χ2n) is 8.21. The molecule has 2 aromatic heterocycles. The fourth-order valence-corrected chi connectivity index (χ4v) is 5.57. The summed E-state index contributed by atoms with van der Waals surface area (Å²) in [6, 6.07) is 14.3. The summed E-state index contributed by atoms with van der Waals surface area (Å²) in [4.78, 5) is 29.1. The zero-order chi connectivity index (χ0) is 24.7. The molecule has 2 heterocycles. The van der Waals surface area contributed by atoms with Gasteiger partial charge in [-0.1, -0.05) is 41.6 Å². The second-order valence-corrected chi connectivity index (χ2v) is 10.5. The SMILES string of the molecule is CC(C)n1c(-c2cccc(N(C)C)c2)c(Br)c2oc(=O)c(Sc3cccc(Cl)c3)c(O)c2c1=O. The Balaban J connectivity index is 2.04. The van der Waals surface area contributed by atoms with E-state index in [0.717, 1.165) is 23.0 Å². The summed E-state index contributed by atoms with van der Waals surface area (Å²) in [5.41, 5.74) is 1.09. The topological polar surface area (TPSA) is 75.7 Å². The van der Waals surface area contributed by atoms with Gasteiger partial charge >= 0.3 is 5.63 Å². The van der Waals surface area contributed by atoms with Gasteiger partial charge < -0.3 is 19.0 Å². The van der Waals surface area contributed by atoms with Crippen molar-refractivity contribution in [1.29, 1.82) is 0 Å². The Kier molecular flexibility index (Phi) is 6.85. The lowest BCUT2D eigenvalue weighted by Crippen LogP contribution is -2.25. The maximum Gasteiger partial charge on any atom is 0.354 e. The van der Waals surface area contributed by atoms with Gasteiger partial charge in [0.2, 0.25) is 0 Å². The standard InChI is InChI=1S/C25H22BrClN2O4S/c1-13(2)29-20(14-7-5-9-16(11-14)28(3)4)19(26)22-18(24(29)31)21(30)23(25(32)33-22)34-17-10-6-8-15(27)12-17/h5-13,30H,1-4H3. The number of rotatable bonds is 5. The first-order valence-corrected chi connectivity index (χ1v) is 12.4. The summed E-state index contributed by atoms with van der Waals surface area (Å²) < 4.78 is 7.63. The van der Waals surface area contributed by atoms with E-state index in [1.807, 2.05) is 57.1 Å². The minimum absolute atomic E-state index is 0.00472. The number of aromatic nitrogens is 1. The van der Waals surface area contributed by atoms with Crippen LogP contribution in [0.15, 0.2) is 76.8 Å². The van der Waals surface area contributed by atoms with Gasteiger partial charge in [-0.3, -0.25) is 4.79 Å². The fraction of sp³-hybridized carbons (Fsp3) is 0.200. The summed E-state index contributed by atoms with van der Waals surface area (Å²) in [5.74, 6) is -0.412. The summed E-state index contributed by atoms with van der Waals surface area (Å²) >= 11 is 10.6. The number of hydrogen-bond donors (Lipinski definition) is 1. The van der Waals surface area contributed by atoms with E-state index in [4.69, 9.17) is 16.0 Å². The molecule has 0 saturated heterocycles. The summed E-state index contributed by atoms with van der Waals surface area (Å²) in [7, 11) is 3.86. The third-order valence-electron chi connectivity index (χ3n) is 5.31. The maximum absolute atomic E-state index is 13.7. The average molecular weight is 562 g/mol. The number of aromatic hydroxyl groups is 1. The summed E-state index contributed by atoms with van der Waals surface area (Å²) in [5, 5.41) is 11.5. The van der Waals surface area contributed by atoms with Crippen LogP contribution < -0.4 is 16.1 Å². The zero-order valence-corrected chi connectivity index (χ0v) is 22.1. The van der Waals surface area contributed by atoms with Crippen molar-refractivity contribution in [3.8, 4) is 17.0 Å². The van der Waals surface area contributed by atoms with E-state index >= 15 is 0 Å². The van der Waals surface area contributed by atoms with Gasteiger partial charge in [0.05, 0.1) is 10.2 Å². The van der Waals surface area contributed by atoms with E-state index in [2.05, 4.69) is 15.9 Å². The van der Waals surface area contributed by atoms with E-state index in [9.17, 15) is 14.7 Å². The fourth-order valence-electron chi connectivity index (χ4n) is 3.72. The maximum atomic E-state index is 13.7. The van der Waals surface area contributed by atoms with Crippen molar-refractivity contribution in [3.63, 3.8) is 0 Å². The first-order valence-electron chi connectivity index (χ1n) is 10.4. The molecule has 34 heavy (non-hydrogen) atoms. The lowest BCUT2D eigenvalue weighted by Gasteiger charge is -2.21. The van der Waals surface area contributed by atoms with Crippen molar-refractivity contribution in [1.82, 2.24) is 4.57 Å². The van der Waals surface area contributed by atoms with Crippen LogP contribution in [0.4, 0.5) is 5.69 Å². The molecule has 0 unspecified atom stereocenters. The molecule has 0 spiro atoms. The highest BCUT2D eigenvalue weighted by atomic mass is 79.9. The number of fused-ring (bicyclic) bond motifs is 1. The van der Waals surface area contributed by atoms with Crippen LogP contribution in [0.25, 0.3) is 22.2 Å². The minimum Gasteiger partial charge on any atom is -0.505 e. The van der Waals surface area contributed by atoms with Gasteiger partial charge in [-0.05, 0) is 60.1 Å². The predicted molar refractivity (Wildman–Crippen MR) is 142 cm³/mol. The molecule has 1 N–H and O–H groups in total. The van der Waals surface area contributed by atoms with Gasteiger partial charge in [-0.2, -0.15) is 0 Å².